The monoisotopic (exact) mass is 322 g/mol. The summed E-state index contributed by atoms with van der Waals surface area (Å²) in [6.45, 7) is 0.294. The normalized spacial score (nSPS) is 9.83. The van der Waals surface area contributed by atoms with E-state index in [4.69, 9.17) is 21.6 Å². The molecule has 3 nitrogen and oxygen atoms in total. The Hall–Kier alpha value is -1.57. The summed E-state index contributed by atoms with van der Waals surface area (Å²) in [4.78, 5) is 4.18. The van der Waals surface area contributed by atoms with Crippen molar-refractivity contribution in [3.05, 3.63) is 57.3 Å². The molecule has 0 aliphatic rings. The van der Waals surface area contributed by atoms with Gasteiger partial charge in [-0.15, -0.1) is 0 Å². The van der Waals surface area contributed by atoms with E-state index in [1.165, 1.54) is 0 Å². The van der Waals surface area contributed by atoms with Crippen LogP contribution >= 0.6 is 27.5 Å². The molecule has 0 aliphatic heterocycles. The maximum Gasteiger partial charge on any atom is 0.139 e. The number of rotatable bonds is 3. The number of nitriles is 1. The maximum atomic E-state index is 8.95. The molecule has 2 rings (SSSR count). The van der Waals surface area contributed by atoms with Gasteiger partial charge in [0.1, 0.15) is 18.4 Å². The molecular formula is C13H8BrClN2O. The summed E-state index contributed by atoms with van der Waals surface area (Å²) < 4.78 is 6.46. The van der Waals surface area contributed by atoms with Gasteiger partial charge >= 0.3 is 0 Å². The second-order valence-corrected chi connectivity index (χ2v) is 4.86. The lowest BCUT2D eigenvalue weighted by atomic mass is 10.2. The van der Waals surface area contributed by atoms with E-state index in [-0.39, 0.29) is 0 Å². The molecule has 0 unspecified atom stereocenters. The number of hydrogen-bond donors (Lipinski definition) is 0. The van der Waals surface area contributed by atoms with Crippen molar-refractivity contribution in [1.29, 1.82) is 5.26 Å². The van der Waals surface area contributed by atoms with Crippen molar-refractivity contribution < 1.29 is 4.74 Å². The highest BCUT2D eigenvalue weighted by molar-refractivity contribution is 9.10. The minimum Gasteiger partial charge on any atom is -0.486 e. The SMILES string of the molecule is N#Cc1ccc(Cl)cc1OCc1ccc(Br)cn1. The second kappa shape index (κ2) is 5.85. The molecule has 90 valence electrons. The summed E-state index contributed by atoms with van der Waals surface area (Å²) in [6.07, 6.45) is 1.70. The molecule has 0 atom stereocenters. The molecule has 5 heteroatoms. The molecule has 0 radical (unpaired) electrons. The van der Waals surface area contributed by atoms with E-state index in [0.29, 0.717) is 22.9 Å². The van der Waals surface area contributed by atoms with E-state index in [0.717, 1.165) is 10.2 Å². The highest BCUT2D eigenvalue weighted by Crippen LogP contribution is 2.23. The van der Waals surface area contributed by atoms with Gasteiger partial charge in [-0.05, 0) is 40.2 Å². The summed E-state index contributed by atoms with van der Waals surface area (Å²) in [5.74, 6) is 0.467. The summed E-state index contributed by atoms with van der Waals surface area (Å²) in [7, 11) is 0. The van der Waals surface area contributed by atoms with Crippen molar-refractivity contribution in [3.63, 3.8) is 0 Å². The van der Waals surface area contributed by atoms with Crippen LogP contribution in [-0.4, -0.2) is 4.98 Å². The summed E-state index contributed by atoms with van der Waals surface area (Å²) >= 11 is 9.18. The zero-order valence-corrected chi connectivity index (χ0v) is 11.6. The Morgan fingerprint density at radius 1 is 1.33 bits per heavy atom. The first-order valence-electron chi connectivity index (χ1n) is 5.12. The molecule has 1 aromatic heterocycles. The molecule has 0 bridgehead atoms. The highest BCUT2D eigenvalue weighted by atomic mass is 79.9. The predicted octanol–water partition coefficient (Wildman–Crippen LogP) is 3.95. The maximum absolute atomic E-state index is 8.95. The first-order chi connectivity index (χ1) is 8.69. The molecule has 18 heavy (non-hydrogen) atoms. The van der Waals surface area contributed by atoms with Crippen molar-refractivity contribution in [1.82, 2.24) is 4.98 Å². The van der Waals surface area contributed by atoms with E-state index >= 15 is 0 Å². The zero-order chi connectivity index (χ0) is 13.0. The van der Waals surface area contributed by atoms with Gasteiger partial charge in [0.25, 0.3) is 0 Å². The van der Waals surface area contributed by atoms with E-state index in [1.807, 2.05) is 12.1 Å². The van der Waals surface area contributed by atoms with Crippen LogP contribution in [0.4, 0.5) is 0 Å². The van der Waals surface area contributed by atoms with Gasteiger partial charge in [-0.25, -0.2) is 0 Å². The van der Waals surface area contributed by atoms with Crippen molar-refractivity contribution >= 4 is 27.5 Å². The molecule has 1 heterocycles. The molecule has 0 spiro atoms. The van der Waals surface area contributed by atoms with E-state index < -0.39 is 0 Å². The number of pyridine rings is 1. The first kappa shape index (κ1) is 12.9. The summed E-state index contributed by atoms with van der Waals surface area (Å²) in [6, 6.07) is 10.7. The summed E-state index contributed by atoms with van der Waals surface area (Å²) in [5, 5.41) is 9.48. The molecule has 0 N–H and O–H groups in total. The Balaban J connectivity index is 2.13. The molecule has 1 aromatic carbocycles. The fraction of sp³-hybridized carbons (Fsp3) is 0.0769. The van der Waals surface area contributed by atoms with E-state index in [1.54, 1.807) is 24.4 Å². The van der Waals surface area contributed by atoms with Gasteiger partial charge in [-0.3, -0.25) is 4.98 Å². The van der Waals surface area contributed by atoms with Crippen LogP contribution in [0.5, 0.6) is 5.75 Å². The molecule has 0 amide bonds. The zero-order valence-electron chi connectivity index (χ0n) is 9.23. The van der Waals surface area contributed by atoms with E-state index in [9.17, 15) is 0 Å². The lowest BCUT2D eigenvalue weighted by Gasteiger charge is -2.07. The van der Waals surface area contributed by atoms with Gasteiger partial charge in [0.2, 0.25) is 0 Å². The average molecular weight is 324 g/mol. The fourth-order valence-electron chi connectivity index (χ4n) is 1.35. The number of aromatic nitrogens is 1. The predicted molar refractivity (Wildman–Crippen MR) is 72.4 cm³/mol. The third-order valence-electron chi connectivity index (χ3n) is 2.23. The van der Waals surface area contributed by atoms with Crippen molar-refractivity contribution in [2.45, 2.75) is 6.61 Å². The summed E-state index contributed by atoms with van der Waals surface area (Å²) in [5.41, 5.74) is 1.23. The lowest BCUT2D eigenvalue weighted by molar-refractivity contribution is 0.300. The van der Waals surface area contributed by atoms with Crippen LogP contribution in [-0.2, 0) is 6.61 Å². The number of halogens is 2. The molecule has 2 aromatic rings. The number of hydrogen-bond acceptors (Lipinski definition) is 3. The molecular weight excluding hydrogens is 316 g/mol. The van der Waals surface area contributed by atoms with Crippen molar-refractivity contribution in [2.75, 3.05) is 0 Å². The Morgan fingerprint density at radius 2 is 2.17 bits per heavy atom. The topological polar surface area (TPSA) is 45.9 Å². The van der Waals surface area contributed by atoms with E-state index in [2.05, 4.69) is 27.0 Å². The standard InChI is InChI=1S/C13H8BrClN2O/c14-10-2-4-12(17-7-10)8-18-13-5-11(15)3-1-9(13)6-16/h1-5,7H,8H2. The molecule has 0 fully saturated rings. The van der Waals surface area contributed by atoms with Crippen molar-refractivity contribution in [2.24, 2.45) is 0 Å². The fourth-order valence-corrected chi connectivity index (χ4v) is 1.75. The third kappa shape index (κ3) is 3.22. The Morgan fingerprint density at radius 3 is 2.83 bits per heavy atom. The largest absolute Gasteiger partial charge is 0.486 e. The number of nitrogens with zero attached hydrogens (tertiary/aromatic N) is 2. The Bertz CT molecular complexity index is 593. The minimum absolute atomic E-state index is 0.294. The van der Waals surface area contributed by atoms with Crippen LogP contribution in [0.25, 0.3) is 0 Å². The Kier molecular flexibility index (Phi) is 4.19. The average Bonchev–Trinajstić information content (AvgIpc) is 2.38. The first-order valence-corrected chi connectivity index (χ1v) is 6.29. The number of benzene rings is 1. The van der Waals surface area contributed by atoms with Crippen molar-refractivity contribution in [3.8, 4) is 11.8 Å². The number of ether oxygens (including phenoxy) is 1. The van der Waals surface area contributed by atoms with Gasteiger partial charge < -0.3 is 4.74 Å². The van der Waals surface area contributed by atoms with Gasteiger partial charge in [0.15, 0.2) is 0 Å². The quantitative estimate of drug-likeness (QED) is 0.859. The van der Waals surface area contributed by atoms with Crippen LogP contribution in [0, 0.1) is 11.3 Å². The molecule has 0 aliphatic carbocycles. The van der Waals surface area contributed by atoms with Crippen LogP contribution < -0.4 is 4.74 Å². The second-order valence-electron chi connectivity index (χ2n) is 3.51. The molecule has 0 saturated heterocycles. The third-order valence-corrected chi connectivity index (χ3v) is 2.93. The van der Waals surface area contributed by atoms with Crippen LogP contribution in [0.3, 0.4) is 0 Å². The van der Waals surface area contributed by atoms with Gasteiger partial charge in [0.05, 0.1) is 11.3 Å². The minimum atomic E-state index is 0.294. The van der Waals surface area contributed by atoms with Crippen LogP contribution in [0.15, 0.2) is 41.0 Å². The van der Waals surface area contributed by atoms with Crippen LogP contribution in [0.2, 0.25) is 5.02 Å². The van der Waals surface area contributed by atoms with Crippen LogP contribution in [0.1, 0.15) is 11.3 Å². The van der Waals surface area contributed by atoms with Gasteiger partial charge in [0, 0.05) is 21.8 Å². The lowest BCUT2D eigenvalue weighted by Crippen LogP contribution is -1.99. The highest BCUT2D eigenvalue weighted by Gasteiger charge is 2.05. The van der Waals surface area contributed by atoms with Gasteiger partial charge in [-0.1, -0.05) is 11.6 Å². The Labute approximate surface area is 118 Å². The molecule has 0 saturated carbocycles. The van der Waals surface area contributed by atoms with Gasteiger partial charge in [-0.2, -0.15) is 5.26 Å². The smallest absolute Gasteiger partial charge is 0.139 e.